The lowest BCUT2D eigenvalue weighted by molar-refractivity contribution is 0.0881. The van der Waals surface area contributed by atoms with E-state index in [1.54, 1.807) is 18.4 Å². The van der Waals surface area contributed by atoms with Gasteiger partial charge in [0.25, 0.3) is 0 Å². The average Bonchev–Trinajstić information content (AvgIpc) is 2.92. The Morgan fingerprint density at radius 2 is 2.32 bits per heavy atom. The Balaban J connectivity index is 2.06. The number of ether oxygens (including phenoxy) is 2. The van der Waals surface area contributed by atoms with Crippen molar-refractivity contribution in [1.82, 2.24) is 10.3 Å². The summed E-state index contributed by atoms with van der Waals surface area (Å²) in [5, 5.41) is 4.57. The van der Waals surface area contributed by atoms with Crippen LogP contribution in [0.15, 0.2) is 0 Å². The molecule has 0 bridgehead atoms. The van der Waals surface area contributed by atoms with E-state index in [4.69, 9.17) is 9.47 Å². The summed E-state index contributed by atoms with van der Waals surface area (Å²) in [4.78, 5) is 7.60. The van der Waals surface area contributed by atoms with Crippen LogP contribution in [-0.2, 0) is 11.3 Å². The molecule has 1 fully saturated rings. The summed E-state index contributed by atoms with van der Waals surface area (Å²) in [5.74, 6) is 0.719. The molecule has 2 unspecified atom stereocenters. The zero-order chi connectivity index (χ0) is 14.0. The second-order valence-corrected chi connectivity index (χ2v) is 6.42. The van der Waals surface area contributed by atoms with Gasteiger partial charge in [0.1, 0.15) is 0 Å². The predicted octanol–water partition coefficient (Wildman–Crippen LogP) is 1.87. The van der Waals surface area contributed by atoms with Crippen LogP contribution < -0.4 is 15.0 Å². The number of nitrogens with one attached hydrogen (secondary N) is 1. The summed E-state index contributed by atoms with van der Waals surface area (Å²) in [6, 6.07) is 0. The third kappa shape index (κ3) is 3.01. The predicted molar refractivity (Wildman–Crippen MR) is 78.3 cm³/mol. The quantitative estimate of drug-likeness (QED) is 0.895. The van der Waals surface area contributed by atoms with Gasteiger partial charge in [-0.05, 0) is 20.3 Å². The highest BCUT2D eigenvalue weighted by Crippen LogP contribution is 2.32. The largest absolute Gasteiger partial charge is 0.480 e. The number of rotatable bonds is 5. The van der Waals surface area contributed by atoms with Gasteiger partial charge >= 0.3 is 0 Å². The molecule has 0 aliphatic carbocycles. The fraction of sp³-hybridized carbons (Fsp3) is 0.769. The number of anilines is 1. The molecule has 2 atom stereocenters. The fourth-order valence-corrected chi connectivity index (χ4v) is 3.03. The minimum Gasteiger partial charge on any atom is -0.480 e. The summed E-state index contributed by atoms with van der Waals surface area (Å²) in [7, 11) is 5.65. The van der Waals surface area contributed by atoms with Crippen LogP contribution in [0.2, 0.25) is 0 Å². The van der Waals surface area contributed by atoms with Gasteiger partial charge in [-0.25, -0.2) is 0 Å². The van der Waals surface area contributed by atoms with Crippen molar-refractivity contribution in [1.29, 1.82) is 0 Å². The molecule has 1 aliphatic heterocycles. The van der Waals surface area contributed by atoms with Crippen molar-refractivity contribution >= 4 is 16.5 Å². The molecule has 1 N–H and O–H groups in total. The van der Waals surface area contributed by atoms with Crippen LogP contribution in [-0.4, -0.2) is 44.4 Å². The molecule has 1 aromatic rings. The van der Waals surface area contributed by atoms with E-state index in [0.717, 1.165) is 35.5 Å². The van der Waals surface area contributed by atoms with Gasteiger partial charge in [0, 0.05) is 32.8 Å². The van der Waals surface area contributed by atoms with E-state index in [2.05, 4.69) is 24.1 Å². The Morgan fingerprint density at radius 3 is 2.84 bits per heavy atom. The maximum atomic E-state index is 5.64. The second kappa shape index (κ2) is 5.64. The first kappa shape index (κ1) is 14.6. The van der Waals surface area contributed by atoms with Crippen LogP contribution in [0, 0.1) is 0 Å². The molecule has 0 saturated carbocycles. The van der Waals surface area contributed by atoms with Crippen molar-refractivity contribution in [3.8, 4) is 5.88 Å². The van der Waals surface area contributed by atoms with Gasteiger partial charge < -0.3 is 19.7 Å². The SMILES string of the molecule is COc1nc(N(C)C)sc1CNC1(C)CCOC1C. The molecule has 1 saturated heterocycles. The maximum Gasteiger partial charge on any atom is 0.230 e. The van der Waals surface area contributed by atoms with Crippen molar-refractivity contribution in [2.24, 2.45) is 0 Å². The van der Waals surface area contributed by atoms with E-state index in [9.17, 15) is 0 Å². The van der Waals surface area contributed by atoms with Gasteiger partial charge in [0.2, 0.25) is 5.88 Å². The van der Waals surface area contributed by atoms with Crippen LogP contribution in [0.4, 0.5) is 5.13 Å². The molecule has 2 heterocycles. The Morgan fingerprint density at radius 1 is 1.58 bits per heavy atom. The first-order chi connectivity index (χ1) is 8.96. The van der Waals surface area contributed by atoms with Gasteiger partial charge in [0.15, 0.2) is 5.13 Å². The Bertz CT molecular complexity index is 436. The van der Waals surface area contributed by atoms with Crippen molar-refractivity contribution in [3.05, 3.63) is 4.88 Å². The van der Waals surface area contributed by atoms with E-state index in [1.165, 1.54) is 0 Å². The van der Waals surface area contributed by atoms with Crippen LogP contribution in [0.1, 0.15) is 25.1 Å². The highest BCUT2D eigenvalue weighted by atomic mass is 32.1. The molecular weight excluding hydrogens is 262 g/mol. The van der Waals surface area contributed by atoms with Gasteiger partial charge in [-0.1, -0.05) is 11.3 Å². The monoisotopic (exact) mass is 285 g/mol. The van der Waals surface area contributed by atoms with E-state index in [0.29, 0.717) is 0 Å². The molecule has 0 amide bonds. The molecule has 19 heavy (non-hydrogen) atoms. The molecule has 108 valence electrons. The van der Waals surface area contributed by atoms with Crippen molar-refractivity contribution in [3.63, 3.8) is 0 Å². The van der Waals surface area contributed by atoms with E-state index < -0.39 is 0 Å². The van der Waals surface area contributed by atoms with Gasteiger partial charge in [0.05, 0.1) is 18.1 Å². The fourth-order valence-electron chi connectivity index (χ4n) is 2.14. The lowest BCUT2D eigenvalue weighted by Crippen LogP contribution is -2.47. The minimum atomic E-state index is 0.0350. The highest BCUT2D eigenvalue weighted by molar-refractivity contribution is 7.15. The van der Waals surface area contributed by atoms with Gasteiger partial charge in [-0.15, -0.1) is 0 Å². The van der Waals surface area contributed by atoms with Crippen LogP contribution >= 0.6 is 11.3 Å². The van der Waals surface area contributed by atoms with Gasteiger partial charge in [-0.3, -0.25) is 0 Å². The number of thiazole rings is 1. The van der Waals surface area contributed by atoms with Crippen molar-refractivity contribution < 1.29 is 9.47 Å². The Labute approximate surface area is 118 Å². The average molecular weight is 285 g/mol. The first-order valence-corrected chi connectivity index (χ1v) is 7.35. The van der Waals surface area contributed by atoms with E-state index in [-0.39, 0.29) is 11.6 Å². The molecule has 0 spiro atoms. The van der Waals surface area contributed by atoms with Crippen LogP contribution in [0.3, 0.4) is 0 Å². The number of aromatic nitrogens is 1. The molecule has 1 aliphatic rings. The molecular formula is C13H23N3O2S. The van der Waals surface area contributed by atoms with Crippen molar-refractivity contribution in [2.75, 3.05) is 32.7 Å². The third-order valence-electron chi connectivity index (χ3n) is 3.77. The standard InChI is InChI=1S/C13H23N3O2S/c1-9-13(2,6-7-18-9)14-8-10-11(17-5)15-12(19-10)16(3)4/h9,14H,6-8H2,1-5H3. The highest BCUT2D eigenvalue weighted by Gasteiger charge is 2.36. The zero-order valence-corrected chi connectivity index (χ0v) is 13.1. The number of nitrogens with zero attached hydrogens (tertiary/aromatic N) is 2. The smallest absolute Gasteiger partial charge is 0.230 e. The first-order valence-electron chi connectivity index (χ1n) is 6.54. The van der Waals surface area contributed by atoms with Crippen LogP contribution in [0.5, 0.6) is 5.88 Å². The Hall–Kier alpha value is -0.850. The lowest BCUT2D eigenvalue weighted by atomic mass is 9.95. The van der Waals surface area contributed by atoms with Gasteiger partial charge in [-0.2, -0.15) is 4.98 Å². The number of hydrogen-bond donors (Lipinski definition) is 1. The van der Waals surface area contributed by atoms with E-state index in [1.807, 2.05) is 19.0 Å². The zero-order valence-electron chi connectivity index (χ0n) is 12.3. The molecule has 2 rings (SSSR count). The Kier molecular flexibility index (Phi) is 4.32. The summed E-state index contributed by atoms with van der Waals surface area (Å²) in [6.45, 7) is 5.92. The minimum absolute atomic E-state index is 0.0350. The summed E-state index contributed by atoms with van der Waals surface area (Å²) in [5.41, 5.74) is 0.0350. The van der Waals surface area contributed by atoms with Crippen molar-refractivity contribution in [2.45, 2.75) is 38.5 Å². The molecule has 1 aromatic heterocycles. The summed E-state index contributed by atoms with van der Waals surface area (Å²) >= 11 is 1.66. The number of hydrogen-bond acceptors (Lipinski definition) is 6. The van der Waals surface area contributed by atoms with Crippen LogP contribution in [0.25, 0.3) is 0 Å². The molecule has 6 heteroatoms. The number of methoxy groups -OCH3 is 1. The lowest BCUT2D eigenvalue weighted by Gasteiger charge is -2.28. The summed E-state index contributed by atoms with van der Waals surface area (Å²) < 4.78 is 11.0. The molecule has 0 radical (unpaired) electrons. The maximum absolute atomic E-state index is 5.64. The normalized spacial score (nSPS) is 26.7. The second-order valence-electron chi connectivity index (χ2n) is 5.36. The van der Waals surface area contributed by atoms with E-state index >= 15 is 0 Å². The molecule has 0 aromatic carbocycles. The topological polar surface area (TPSA) is 46.6 Å². The third-order valence-corrected chi connectivity index (χ3v) is 4.97. The molecule has 5 nitrogen and oxygen atoms in total. The summed E-state index contributed by atoms with van der Waals surface area (Å²) in [6.07, 6.45) is 1.27.